The van der Waals surface area contributed by atoms with Crippen LogP contribution < -0.4 is 0 Å². The molecular formula is C11H14F2O. The van der Waals surface area contributed by atoms with E-state index in [9.17, 15) is 8.78 Å². The van der Waals surface area contributed by atoms with E-state index in [0.717, 1.165) is 6.92 Å². The highest BCUT2D eigenvalue weighted by Crippen LogP contribution is 2.33. The summed E-state index contributed by atoms with van der Waals surface area (Å²) in [7, 11) is 0. The van der Waals surface area contributed by atoms with Gasteiger partial charge in [-0.1, -0.05) is 31.2 Å². The molecule has 0 bridgehead atoms. The monoisotopic (exact) mass is 200 g/mol. The number of aliphatic hydroxyl groups excluding tert-OH is 1. The second-order valence-corrected chi connectivity index (χ2v) is 3.56. The van der Waals surface area contributed by atoms with E-state index in [-0.39, 0.29) is 18.1 Å². The SMILES string of the molecule is CC(CO)c1ccccc1C(C)(F)F. The number of benzene rings is 1. The molecule has 1 nitrogen and oxygen atoms in total. The van der Waals surface area contributed by atoms with E-state index >= 15 is 0 Å². The molecule has 0 saturated carbocycles. The maximum absolute atomic E-state index is 13.1. The summed E-state index contributed by atoms with van der Waals surface area (Å²) in [6.45, 7) is 2.48. The Morgan fingerprint density at radius 3 is 2.43 bits per heavy atom. The molecule has 0 spiro atoms. The molecule has 1 atom stereocenters. The minimum atomic E-state index is -2.85. The number of aliphatic hydroxyl groups is 1. The van der Waals surface area contributed by atoms with E-state index in [0.29, 0.717) is 5.56 Å². The highest BCUT2D eigenvalue weighted by atomic mass is 19.3. The van der Waals surface area contributed by atoms with Crippen molar-refractivity contribution in [2.24, 2.45) is 0 Å². The van der Waals surface area contributed by atoms with Gasteiger partial charge in [0.15, 0.2) is 0 Å². The summed E-state index contributed by atoms with van der Waals surface area (Å²) in [5, 5.41) is 8.93. The van der Waals surface area contributed by atoms with E-state index in [4.69, 9.17) is 5.11 Å². The zero-order valence-electron chi connectivity index (χ0n) is 8.30. The third-order valence-electron chi connectivity index (χ3n) is 2.24. The van der Waals surface area contributed by atoms with Gasteiger partial charge in [0.25, 0.3) is 5.92 Å². The lowest BCUT2D eigenvalue weighted by atomic mass is 9.93. The minimum Gasteiger partial charge on any atom is -0.396 e. The third kappa shape index (κ3) is 2.29. The highest BCUT2D eigenvalue weighted by molar-refractivity contribution is 5.33. The van der Waals surface area contributed by atoms with Crippen LogP contribution >= 0.6 is 0 Å². The molecule has 0 aliphatic carbocycles. The van der Waals surface area contributed by atoms with Gasteiger partial charge in [0.1, 0.15) is 0 Å². The van der Waals surface area contributed by atoms with Gasteiger partial charge < -0.3 is 5.11 Å². The number of halogens is 2. The lowest BCUT2D eigenvalue weighted by Gasteiger charge is -2.18. The summed E-state index contributed by atoms with van der Waals surface area (Å²) in [6, 6.07) is 6.33. The first-order valence-corrected chi connectivity index (χ1v) is 4.55. The van der Waals surface area contributed by atoms with Crippen molar-refractivity contribution in [3.05, 3.63) is 35.4 Å². The molecule has 14 heavy (non-hydrogen) atoms. The van der Waals surface area contributed by atoms with E-state index in [2.05, 4.69) is 0 Å². The van der Waals surface area contributed by atoms with Crippen LogP contribution in [0.1, 0.15) is 30.9 Å². The molecule has 1 aromatic rings. The summed E-state index contributed by atoms with van der Waals surface area (Å²) < 4.78 is 26.3. The Kier molecular flexibility index (Phi) is 3.21. The van der Waals surface area contributed by atoms with Crippen molar-refractivity contribution in [1.82, 2.24) is 0 Å². The molecule has 0 aromatic heterocycles. The quantitative estimate of drug-likeness (QED) is 0.795. The predicted octanol–water partition coefficient (Wildman–Crippen LogP) is 2.89. The van der Waals surface area contributed by atoms with Crippen LogP contribution in [0.4, 0.5) is 8.78 Å². The van der Waals surface area contributed by atoms with Crippen molar-refractivity contribution >= 4 is 0 Å². The molecule has 0 fully saturated rings. The summed E-state index contributed by atoms with van der Waals surface area (Å²) in [5.74, 6) is -3.10. The van der Waals surface area contributed by atoms with Gasteiger partial charge in [-0.2, -0.15) is 0 Å². The topological polar surface area (TPSA) is 20.2 Å². The zero-order valence-corrected chi connectivity index (χ0v) is 8.30. The molecule has 78 valence electrons. The lowest BCUT2D eigenvalue weighted by Crippen LogP contribution is -2.13. The van der Waals surface area contributed by atoms with Gasteiger partial charge in [-0.25, -0.2) is 8.78 Å². The molecule has 0 saturated heterocycles. The van der Waals surface area contributed by atoms with Crippen LogP contribution in [0.3, 0.4) is 0 Å². The second kappa shape index (κ2) is 4.05. The molecule has 0 aliphatic heterocycles. The second-order valence-electron chi connectivity index (χ2n) is 3.56. The van der Waals surface area contributed by atoms with Gasteiger partial charge in [-0.05, 0) is 5.56 Å². The van der Waals surface area contributed by atoms with Crippen LogP contribution in [0, 0.1) is 0 Å². The first kappa shape index (κ1) is 11.1. The van der Waals surface area contributed by atoms with Crippen LogP contribution in [0.25, 0.3) is 0 Å². The van der Waals surface area contributed by atoms with E-state index in [1.807, 2.05) is 0 Å². The summed E-state index contributed by atoms with van der Waals surface area (Å²) in [4.78, 5) is 0. The lowest BCUT2D eigenvalue weighted by molar-refractivity contribution is 0.0160. The molecule has 1 aromatic carbocycles. The largest absolute Gasteiger partial charge is 0.396 e. The Morgan fingerprint density at radius 2 is 1.93 bits per heavy atom. The molecule has 0 amide bonds. The maximum Gasteiger partial charge on any atom is 0.270 e. The van der Waals surface area contributed by atoms with Gasteiger partial charge in [0.05, 0.1) is 0 Å². The Morgan fingerprint density at radius 1 is 1.36 bits per heavy atom. The van der Waals surface area contributed by atoms with Crippen molar-refractivity contribution in [3.63, 3.8) is 0 Å². The summed E-state index contributed by atoms with van der Waals surface area (Å²) in [6.07, 6.45) is 0. The van der Waals surface area contributed by atoms with Crippen molar-refractivity contribution in [2.75, 3.05) is 6.61 Å². The standard InChI is InChI=1S/C11H14F2O/c1-8(7-14)9-5-3-4-6-10(9)11(2,12)13/h3-6,8,14H,7H2,1-2H3. The van der Waals surface area contributed by atoms with Gasteiger partial charge in [0, 0.05) is 25.0 Å². The number of rotatable bonds is 3. The molecule has 0 radical (unpaired) electrons. The molecule has 0 aliphatic rings. The number of hydrogen-bond donors (Lipinski definition) is 1. The fourth-order valence-corrected chi connectivity index (χ4v) is 1.42. The number of alkyl halides is 2. The first-order valence-electron chi connectivity index (χ1n) is 4.55. The third-order valence-corrected chi connectivity index (χ3v) is 2.24. The summed E-state index contributed by atoms with van der Waals surface area (Å²) >= 11 is 0. The van der Waals surface area contributed by atoms with Crippen LogP contribution in [-0.4, -0.2) is 11.7 Å². The Balaban J connectivity index is 3.16. The van der Waals surface area contributed by atoms with E-state index < -0.39 is 5.92 Å². The van der Waals surface area contributed by atoms with Gasteiger partial charge in [0.2, 0.25) is 0 Å². The maximum atomic E-state index is 13.1. The average molecular weight is 200 g/mol. The smallest absolute Gasteiger partial charge is 0.270 e. The molecular weight excluding hydrogens is 186 g/mol. The average Bonchev–Trinajstić information content (AvgIpc) is 2.15. The minimum absolute atomic E-state index is 0.00144. The van der Waals surface area contributed by atoms with Crippen LogP contribution in [0.2, 0.25) is 0 Å². The van der Waals surface area contributed by atoms with Crippen molar-refractivity contribution in [1.29, 1.82) is 0 Å². The molecule has 1 unspecified atom stereocenters. The Hall–Kier alpha value is -0.960. The van der Waals surface area contributed by atoms with Gasteiger partial charge in [-0.3, -0.25) is 0 Å². The Labute approximate surface area is 82.4 Å². The molecule has 3 heteroatoms. The van der Waals surface area contributed by atoms with Crippen molar-refractivity contribution in [2.45, 2.75) is 25.7 Å². The summed E-state index contributed by atoms with van der Waals surface area (Å²) in [5.41, 5.74) is 0.518. The molecule has 0 heterocycles. The van der Waals surface area contributed by atoms with Crippen LogP contribution in [0.15, 0.2) is 24.3 Å². The van der Waals surface area contributed by atoms with Gasteiger partial charge in [-0.15, -0.1) is 0 Å². The first-order chi connectivity index (χ1) is 6.46. The Bertz CT molecular complexity index is 304. The molecule has 1 rings (SSSR count). The fourth-order valence-electron chi connectivity index (χ4n) is 1.42. The number of hydrogen-bond acceptors (Lipinski definition) is 1. The van der Waals surface area contributed by atoms with Crippen LogP contribution in [0.5, 0.6) is 0 Å². The van der Waals surface area contributed by atoms with E-state index in [1.165, 1.54) is 6.07 Å². The van der Waals surface area contributed by atoms with Gasteiger partial charge >= 0.3 is 0 Å². The highest BCUT2D eigenvalue weighted by Gasteiger charge is 2.28. The molecule has 1 N–H and O–H groups in total. The van der Waals surface area contributed by atoms with Crippen LogP contribution in [-0.2, 0) is 5.92 Å². The van der Waals surface area contributed by atoms with Crippen molar-refractivity contribution in [3.8, 4) is 0 Å². The fraction of sp³-hybridized carbons (Fsp3) is 0.455. The van der Waals surface area contributed by atoms with Crippen molar-refractivity contribution < 1.29 is 13.9 Å². The van der Waals surface area contributed by atoms with E-state index in [1.54, 1.807) is 25.1 Å². The normalized spacial score (nSPS) is 14.1. The zero-order chi connectivity index (χ0) is 10.8. The predicted molar refractivity (Wildman–Crippen MR) is 51.5 cm³/mol.